The summed E-state index contributed by atoms with van der Waals surface area (Å²) < 4.78 is 23.6. The number of nitrogens with zero attached hydrogens (tertiary/aromatic N) is 1. The molecule has 1 atom stereocenters. The van der Waals surface area contributed by atoms with Gasteiger partial charge in [-0.25, -0.2) is 4.57 Å². The van der Waals surface area contributed by atoms with Crippen LogP contribution >= 0.6 is 7.75 Å². The molecule has 1 aromatic rings. The van der Waals surface area contributed by atoms with Gasteiger partial charge >= 0.3 is 7.75 Å². The number of hydrogen-bond acceptors (Lipinski definition) is 3. The number of morpholine rings is 1. The lowest BCUT2D eigenvalue weighted by molar-refractivity contribution is 0.0619. The van der Waals surface area contributed by atoms with Gasteiger partial charge in [0.05, 0.1) is 13.2 Å². The molecule has 1 N–H and O–H groups in total. The minimum Gasteiger partial charge on any atom is -0.413 e. The van der Waals surface area contributed by atoms with E-state index in [0.717, 1.165) is 0 Å². The minimum atomic E-state index is -3.74. The van der Waals surface area contributed by atoms with Crippen LogP contribution in [0.25, 0.3) is 0 Å². The first kappa shape index (κ1) is 11.6. The van der Waals surface area contributed by atoms with Gasteiger partial charge in [0.15, 0.2) is 0 Å². The normalized spacial score (nSPS) is 21.3. The van der Waals surface area contributed by atoms with Gasteiger partial charge in [-0.05, 0) is 12.1 Å². The molecule has 1 fully saturated rings. The van der Waals surface area contributed by atoms with Gasteiger partial charge in [0.2, 0.25) is 0 Å². The molecule has 1 heterocycles. The fourth-order valence-corrected chi connectivity index (χ4v) is 2.66. The third-order valence-corrected chi connectivity index (χ3v) is 3.88. The first-order valence-corrected chi connectivity index (χ1v) is 6.62. The van der Waals surface area contributed by atoms with Crippen LogP contribution in [0.4, 0.5) is 0 Å². The highest BCUT2D eigenvalue weighted by Crippen LogP contribution is 2.46. The standard InChI is InChI=1S/C10H14NO4P/c12-16(13,11-6-8-14-9-7-11)15-10-4-2-1-3-5-10/h1-5H,6-9H2,(H,12,13). The van der Waals surface area contributed by atoms with Gasteiger partial charge in [-0.3, -0.25) is 0 Å². The molecule has 5 nitrogen and oxygen atoms in total. The largest absolute Gasteiger partial charge is 0.458 e. The second-order valence-corrected chi connectivity index (χ2v) is 5.19. The van der Waals surface area contributed by atoms with Gasteiger partial charge < -0.3 is 14.2 Å². The quantitative estimate of drug-likeness (QED) is 0.815. The molecule has 1 aromatic carbocycles. The Bertz CT molecular complexity index is 378. The zero-order valence-corrected chi connectivity index (χ0v) is 9.68. The fraction of sp³-hybridized carbons (Fsp3) is 0.400. The average Bonchev–Trinajstić information content (AvgIpc) is 2.31. The average molecular weight is 243 g/mol. The van der Waals surface area contributed by atoms with Crippen molar-refractivity contribution in [3.63, 3.8) is 0 Å². The number of ether oxygens (including phenoxy) is 1. The highest BCUT2D eigenvalue weighted by molar-refractivity contribution is 7.50. The Morgan fingerprint density at radius 2 is 1.88 bits per heavy atom. The number of benzene rings is 1. The molecule has 0 saturated carbocycles. The molecular formula is C10H14NO4P. The van der Waals surface area contributed by atoms with Crippen molar-refractivity contribution in [2.24, 2.45) is 0 Å². The van der Waals surface area contributed by atoms with E-state index in [0.29, 0.717) is 32.1 Å². The van der Waals surface area contributed by atoms with Crippen LogP contribution in [-0.4, -0.2) is 35.9 Å². The highest BCUT2D eigenvalue weighted by atomic mass is 31.2. The zero-order chi connectivity index (χ0) is 11.4. The number of para-hydroxylation sites is 1. The summed E-state index contributed by atoms with van der Waals surface area (Å²) >= 11 is 0. The fourth-order valence-electron chi connectivity index (χ4n) is 1.48. The summed E-state index contributed by atoms with van der Waals surface area (Å²) in [6, 6.07) is 8.65. The predicted octanol–water partition coefficient (Wildman–Crippen LogP) is 1.50. The summed E-state index contributed by atoms with van der Waals surface area (Å²) in [5.74, 6) is 0.403. The number of rotatable bonds is 3. The smallest absolute Gasteiger partial charge is 0.413 e. The molecule has 16 heavy (non-hydrogen) atoms. The molecule has 0 aliphatic carbocycles. The first-order chi connectivity index (χ1) is 7.68. The Morgan fingerprint density at radius 3 is 2.50 bits per heavy atom. The first-order valence-electron chi connectivity index (χ1n) is 5.09. The summed E-state index contributed by atoms with van der Waals surface area (Å²) in [5, 5.41) is 0. The maximum Gasteiger partial charge on any atom is 0.458 e. The Hall–Kier alpha value is -0.870. The van der Waals surface area contributed by atoms with Crippen molar-refractivity contribution in [3.8, 4) is 5.75 Å². The molecule has 1 aliphatic heterocycles. The zero-order valence-electron chi connectivity index (χ0n) is 8.78. The van der Waals surface area contributed by atoms with Crippen molar-refractivity contribution in [3.05, 3.63) is 30.3 Å². The van der Waals surface area contributed by atoms with Crippen LogP contribution in [0.3, 0.4) is 0 Å². The Balaban J connectivity index is 2.04. The molecule has 0 amide bonds. The third kappa shape index (κ3) is 2.83. The predicted molar refractivity (Wildman–Crippen MR) is 59.3 cm³/mol. The molecule has 0 radical (unpaired) electrons. The van der Waals surface area contributed by atoms with E-state index >= 15 is 0 Å². The lowest BCUT2D eigenvalue weighted by Gasteiger charge is -2.29. The van der Waals surface area contributed by atoms with E-state index in [4.69, 9.17) is 9.26 Å². The van der Waals surface area contributed by atoms with Gasteiger partial charge in [-0.2, -0.15) is 4.67 Å². The molecule has 0 aromatic heterocycles. The molecule has 0 bridgehead atoms. The maximum atomic E-state index is 11.9. The van der Waals surface area contributed by atoms with Crippen molar-refractivity contribution in [2.75, 3.05) is 26.3 Å². The maximum absolute atomic E-state index is 11.9. The third-order valence-electron chi connectivity index (χ3n) is 2.31. The molecule has 88 valence electrons. The molecule has 1 aliphatic rings. The lowest BCUT2D eigenvalue weighted by Crippen LogP contribution is -2.34. The van der Waals surface area contributed by atoms with Crippen LogP contribution in [0, 0.1) is 0 Å². The molecule has 6 heteroatoms. The monoisotopic (exact) mass is 243 g/mol. The topological polar surface area (TPSA) is 59.0 Å². The van der Waals surface area contributed by atoms with E-state index in [1.807, 2.05) is 6.07 Å². The van der Waals surface area contributed by atoms with Crippen molar-refractivity contribution in [2.45, 2.75) is 0 Å². The summed E-state index contributed by atoms with van der Waals surface area (Å²) in [6.45, 7) is 1.76. The van der Waals surface area contributed by atoms with Crippen LogP contribution in [-0.2, 0) is 9.30 Å². The Morgan fingerprint density at radius 1 is 1.25 bits per heavy atom. The van der Waals surface area contributed by atoms with Crippen molar-refractivity contribution >= 4 is 7.75 Å². The summed E-state index contributed by atoms with van der Waals surface area (Å²) in [7, 11) is -3.74. The number of hydrogen-bond donors (Lipinski definition) is 1. The second kappa shape index (κ2) is 4.97. The van der Waals surface area contributed by atoms with Gasteiger partial charge in [0.1, 0.15) is 5.75 Å². The van der Waals surface area contributed by atoms with Crippen LogP contribution in [0.1, 0.15) is 0 Å². The van der Waals surface area contributed by atoms with Crippen LogP contribution in [0.2, 0.25) is 0 Å². The van der Waals surface area contributed by atoms with E-state index < -0.39 is 7.75 Å². The second-order valence-electron chi connectivity index (χ2n) is 3.46. The molecule has 1 unspecified atom stereocenters. The van der Waals surface area contributed by atoms with E-state index in [1.54, 1.807) is 24.3 Å². The van der Waals surface area contributed by atoms with Gasteiger partial charge in [-0.1, -0.05) is 18.2 Å². The van der Waals surface area contributed by atoms with Crippen LogP contribution in [0.5, 0.6) is 5.75 Å². The van der Waals surface area contributed by atoms with Crippen molar-refractivity contribution < 1.29 is 18.7 Å². The molecule has 1 saturated heterocycles. The van der Waals surface area contributed by atoms with Crippen LogP contribution < -0.4 is 4.52 Å². The van der Waals surface area contributed by atoms with Gasteiger partial charge in [0, 0.05) is 13.1 Å². The van der Waals surface area contributed by atoms with E-state index in [-0.39, 0.29) is 0 Å². The molecule has 0 spiro atoms. The minimum absolute atomic E-state index is 0.403. The highest BCUT2D eigenvalue weighted by Gasteiger charge is 2.32. The van der Waals surface area contributed by atoms with E-state index in [1.165, 1.54) is 4.67 Å². The Kier molecular flexibility index (Phi) is 3.61. The van der Waals surface area contributed by atoms with E-state index in [2.05, 4.69) is 0 Å². The lowest BCUT2D eigenvalue weighted by atomic mass is 10.3. The molecule has 2 rings (SSSR count). The van der Waals surface area contributed by atoms with Gasteiger partial charge in [-0.15, -0.1) is 0 Å². The van der Waals surface area contributed by atoms with Crippen molar-refractivity contribution in [1.29, 1.82) is 0 Å². The Labute approximate surface area is 94.2 Å². The van der Waals surface area contributed by atoms with Crippen LogP contribution in [0.15, 0.2) is 30.3 Å². The van der Waals surface area contributed by atoms with E-state index in [9.17, 15) is 9.46 Å². The van der Waals surface area contributed by atoms with Gasteiger partial charge in [0.25, 0.3) is 0 Å². The molecular weight excluding hydrogens is 229 g/mol. The summed E-state index contributed by atoms with van der Waals surface area (Å²) in [6.07, 6.45) is 0. The summed E-state index contributed by atoms with van der Waals surface area (Å²) in [4.78, 5) is 9.80. The summed E-state index contributed by atoms with van der Waals surface area (Å²) in [5.41, 5.74) is 0. The van der Waals surface area contributed by atoms with Crippen molar-refractivity contribution in [1.82, 2.24) is 4.67 Å². The SMILES string of the molecule is O=P(O)(Oc1ccccc1)N1CCOCC1.